The smallest absolute Gasteiger partial charge is 0.693 e. The molecule has 13 nitrogen and oxygen atoms in total. The summed E-state index contributed by atoms with van der Waals surface area (Å²) in [7, 11) is 9.68. The maximum absolute atomic E-state index is 12.6. The number of hydrogen-bond donors (Lipinski definition) is 3. The van der Waals surface area contributed by atoms with Gasteiger partial charge in [0.05, 0.1) is 11.4 Å². The maximum Gasteiger partial charge on any atom is -0.693 e. The Morgan fingerprint density at radius 2 is 1.33 bits per heavy atom. The molecule has 0 fully saturated rings. The van der Waals surface area contributed by atoms with E-state index in [4.69, 9.17) is 5.73 Å². The molecular formula is C21H33ClN10O3Pt-3. The van der Waals surface area contributed by atoms with E-state index in [1.54, 1.807) is 78.3 Å². The van der Waals surface area contributed by atoms with Crippen LogP contribution in [0.25, 0.3) is 18.0 Å². The molecule has 3 amide bonds. The summed E-state index contributed by atoms with van der Waals surface area (Å²) in [5.74, 6) is -0.935. The van der Waals surface area contributed by atoms with E-state index < -0.39 is 11.8 Å². The van der Waals surface area contributed by atoms with Gasteiger partial charge in [-0.2, -0.15) is 0 Å². The van der Waals surface area contributed by atoms with E-state index in [0.717, 1.165) is 0 Å². The number of hydrogen-bond acceptors (Lipinski definition) is 4. The summed E-state index contributed by atoms with van der Waals surface area (Å²) in [6.07, 6.45) is 7.66. The summed E-state index contributed by atoms with van der Waals surface area (Å²) in [5, 5.41) is 7.82. The van der Waals surface area contributed by atoms with Gasteiger partial charge in [-0.15, -0.1) is 0 Å². The van der Waals surface area contributed by atoms with Crippen LogP contribution in [0.1, 0.15) is 51.9 Å². The standard InChI is InChI=1S/C18H21N8O3.C3H8.ClH.2H2N.Pt/c1-24-5-4-20-15(24)18(29)23-12-7-14(26(3)9-12)17(28)22-11-6-13(25(2)8-11)16(27)21-10-19;1-3-2;;;;/h4-9,19H,10H2,1-3H3,(H,21,27)(H,22,28)(H,23,29);3H2,1-2H3;1H;2*1H2;/q-1;;;2*-1;+1/p-1. The normalized spacial score (nSPS) is 9.25. The van der Waals surface area contributed by atoms with Crippen molar-refractivity contribution in [3.8, 4) is 0 Å². The van der Waals surface area contributed by atoms with E-state index in [0.29, 0.717) is 22.8 Å². The van der Waals surface area contributed by atoms with Crippen molar-refractivity contribution in [1.29, 1.82) is 0 Å². The van der Waals surface area contributed by atoms with Crippen LogP contribution in [0.4, 0.5) is 11.4 Å². The van der Waals surface area contributed by atoms with Crippen molar-refractivity contribution in [3.05, 3.63) is 72.2 Å². The molecule has 0 atom stereocenters. The third kappa shape index (κ3) is 9.59. The second-order valence-electron chi connectivity index (χ2n) is 7.11. The topological polar surface area (TPSA) is 206 Å². The Morgan fingerprint density at radius 1 is 0.889 bits per heavy atom. The molecule has 0 spiro atoms. The van der Waals surface area contributed by atoms with Crippen molar-refractivity contribution < 1.29 is 33.2 Å². The number of anilines is 2. The molecule has 0 aliphatic heterocycles. The number of rotatable bonds is 6. The van der Waals surface area contributed by atoms with Gasteiger partial charge in [-0.1, -0.05) is 26.9 Å². The summed E-state index contributed by atoms with van der Waals surface area (Å²) >= 11 is 1.61. The number of halogens is 1. The van der Waals surface area contributed by atoms with Crippen molar-refractivity contribution in [2.75, 3.05) is 17.3 Å². The fraction of sp³-hybridized carbons (Fsp3) is 0.333. The van der Waals surface area contributed by atoms with Crippen LogP contribution in [0.15, 0.2) is 36.9 Å². The molecular weight excluding hydrogens is 671 g/mol. The summed E-state index contributed by atoms with van der Waals surface area (Å²) in [4.78, 5) is 40.8. The van der Waals surface area contributed by atoms with Gasteiger partial charge in [0.2, 0.25) is 0 Å². The molecule has 3 aromatic heterocycles. The van der Waals surface area contributed by atoms with Crippen LogP contribution in [-0.2, 0) is 39.9 Å². The van der Waals surface area contributed by atoms with E-state index in [1.807, 2.05) is 0 Å². The molecule has 15 heteroatoms. The number of nitrogens with one attached hydrogen (secondary N) is 4. The summed E-state index contributed by atoms with van der Waals surface area (Å²) < 4.78 is 4.74. The SMILES string of the molecule is CCC.Cn1cc(NC(=O)c2cc(NC(=O)c3nccn3C)cn2C)cc1C(=O)NC[NH-].[Cl][Pt].[NH2-].[NH2-]. The van der Waals surface area contributed by atoms with Crippen molar-refractivity contribution in [1.82, 2.24) is 24.0 Å². The Morgan fingerprint density at radius 3 is 1.75 bits per heavy atom. The third-order valence-corrected chi connectivity index (χ3v) is 4.26. The minimum atomic E-state index is -0.402. The van der Waals surface area contributed by atoms with Gasteiger partial charge in [-0.3, -0.25) is 14.4 Å². The molecule has 3 aromatic rings. The monoisotopic (exact) mass is 703 g/mol. The fourth-order valence-corrected chi connectivity index (χ4v) is 2.85. The van der Waals surface area contributed by atoms with Gasteiger partial charge >= 0.3 is 28.2 Å². The second-order valence-corrected chi connectivity index (χ2v) is 7.11. The van der Waals surface area contributed by atoms with Gasteiger partial charge in [0.25, 0.3) is 17.7 Å². The predicted molar refractivity (Wildman–Crippen MR) is 139 cm³/mol. The second kappa shape index (κ2) is 17.5. The number of nitrogens with zero attached hydrogens (tertiary/aromatic N) is 4. The van der Waals surface area contributed by atoms with Gasteiger partial charge < -0.3 is 47.7 Å². The Kier molecular flexibility index (Phi) is 17.1. The van der Waals surface area contributed by atoms with Crippen LogP contribution in [0.2, 0.25) is 0 Å². The number of aryl methyl sites for hydroxylation is 3. The molecule has 8 N–H and O–H groups in total. The summed E-state index contributed by atoms with van der Waals surface area (Å²) in [5.41, 5.74) is 8.60. The first-order chi connectivity index (χ1) is 16.2. The quantitative estimate of drug-likeness (QED) is 0.328. The zero-order valence-electron chi connectivity index (χ0n) is 20.7. The van der Waals surface area contributed by atoms with E-state index in [9.17, 15) is 14.4 Å². The van der Waals surface area contributed by atoms with Crippen molar-refractivity contribution in [2.24, 2.45) is 21.1 Å². The average Bonchev–Trinajstić information content (AvgIpc) is 3.48. The summed E-state index contributed by atoms with van der Waals surface area (Å²) in [6.45, 7) is 4.02. The van der Waals surface area contributed by atoms with E-state index in [-0.39, 0.29) is 30.7 Å². The molecule has 0 bridgehead atoms. The zero-order valence-corrected chi connectivity index (χ0v) is 23.8. The van der Waals surface area contributed by atoms with Gasteiger partial charge in [-0.25, -0.2) is 4.98 Å². The number of imidazole rings is 1. The van der Waals surface area contributed by atoms with Gasteiger partial charge in [0.1, 0.15) is 11.4 Å². The molecule has 3 heterocycles. The average molecular weight is 704 g/mol. The minimum Gasteiger partial charge on any atom is -0.693 e. The Bertz CT molecular complexity index is 1110. The van der Waals surface area contributed by atoms with Crippen LogP contribution in [-0.4, -0.2) is 43.1 Å². The number of nitrogens with two attached hydrogens (primary N) is 2. The van der Waals surface area contributed by atoms with Gasteiger partial charge in [0, 0.05) is 45.9 Å². The first-order valence-electron chi connectivity index (χ1n) is 10.2. The molecule has 0 aliphatic rings. The molecule has 0 aromatic carbocycles. The van der Waals surface area contributed by atoms with Crippen LogP contribution in [0, 0.1) is 0 Å². The molecule has 0 radical (unpaired) electrons. The predicted octanol–water partition coefficient (Wildman–Crippen LogP) is 4.88. The largest absolute Gasteiger partial charge is 0.693 e. The third-order valence-electron chi connectivity index (χ3n) is 4.26. The molecule has 0 aliphatic carbocycles. The first kappa shape index (κ1) is 35.2. The number of carbonyl (C=O) groups excluding carboxylic acids is 3. The zero-order chi connectivity index (χ0) is 25.8. The Balaban J connectivity index is 0. The fourth-order valence-electron chi connectivity index (χ4n) is 2.85. The summed E-state index contributed by atoms with van der Waals surface area (Å²) in [6, 6.07) is 3.07. The van der Waals surface area contributed by atoms with Crippen molar-refractivity contribution in [3.63, 3.8) is 0 Å². The van der Waals surface area contributed by atoms with Crippen molar-refractivity contribution >= 4 is 38.5 Å². The van der Waals surface area contributed by atoms with Crippen LogP contribution < -0.4 is 16.0 Å². The number of aromatic nitrogens is 4. The number of carbonyl (C=O) groups is 3. The first-order valence-corrected chi connectivity index (χ1v) is 13.0. The van der Waals surface area contributed by atoms with Gasteiger partial charge in [-0.05, 0) is 12.1 Å². The molecule has 3 rings (SSSR count). The van der Waals surface area contributed by atoms with E-state index in [1.165, 1.54) is 18.7 Å². The van der Waals surface area contributed by atoms with E-state index >= 15 is 0 Å². The molecule has 205 valence electrons. The van der Waals surface area contributed by atoms with Gasteiger partial charge in [0.15, 0.2) is 5.82 Å². The van der Waals surface area contributed by atoms with Crippen LogP contribution in [0.3, 0.4) is 0 Å². The van der Waals surface area contributed by atoms with E-state index in [2.05, 4.69) is 44.2 Å². The Hall–Kier alpha value is -2.96. The number of amides is 3. The van der Waals surface area contributed by atoms with Crippen molar-refractivity contribution in [2.45, 2.75) is 20.3 Å². The molecule has 0 unspecified atom stereocenters. The van der Waals surface area contributed by atoms with Crippen LogP contribution >= 0.6 is 9.42 Å². The maximum atomic E-state index is 12.6. The Labute approximate surface area is 226 Å². The molecule has 0 saturated carbocycles. The van der Waals surface area contributed by atoms with Crippen LogP contribution in [0.5, 0.6) is 0 Å². The minimum absolute atomic E-state index is 0. The molecule has 0 saturated heterocycles. The molecule has 36 heavy (non-hydrogen) atoms.